The second kappa shape index (κ2) is 14.3. The summed E-state index contributed by atoms with van der Waals surface area (Å²) in [5, 5.41) is 3.23. The number of halogens is 2. The standard InChI is InChI=1S/C33H33ClFN3O4S/c1-24(2)36-33(40)31(21-25-11-5-3-6-12-25)37(22-26-13-9-10-16-30(26)35)32(39)23-38(28-14-7-4-8-15-28)43(41,42)29-19-17-27(34)18-20-29/h3-20,24,31H,21-23H2,1-2H3,(H,36,40). The molecule has 0 bridgehead atoms. The molecule has 4 rings (SSSR count). The van der Waals surface area contributed by atoms with Crippen LogP contribution in [0.5, 0.6) is 0 Å². The maximum atomic E-state index is 14.9. The lowest BCUT2D eigenvalue weighted by Gasteiger charge is -2.34. The number of rotatable bonds is 12. The van der Waals surface area contributed by atoms with Gasteiger partial charge in [0.25, 0.3) is 10.0 Å². The van der Waals surface area contributed by atoms with Crippen molar-refractivity contribution in [1.29, 1.82) is 0 Å². The van der Waals surface area contributed by atoms with Gasteiger partial charge in [-0.1, -0.05) is 78.3 Å². The molecule has 4 aromatic carbocycles. The molecule has 0 heterocycles. The Kier molecular flexibility index (Phi) is 10.6. The molecule has 1 atom stereocenters. The number of carbonyl (C=O) groups is 2. The van der Waals surface area contributed by atoms with Gasteiger partial charge < -0.3 is 10.2 Å². The van der Waals surface area contributed by atoms with Crippen molar-refractivity contribution < 1.29 is 22.4 Å². The number of para-hydroxylation sites is 1. The van der Waals surface area contributed by atoms with E-state index in [1.807, 2.05) is 30.3 Å². The lowest BCUT2D eigenvalue weighted by atomic mass is 10.0. The summed E-state index contributed by atoms with van der Waals surface area (Å²) in [6.45, 7) is 2.72. The molecule has 1 N–H and O–H groups in total. The number of nitrogens with one attached hydrogen (secondary N) is 1. The largest absolute Gasteiger partial charge is 0.352 e. The SMILES string of the molecule is CC(C)NC(=O)C(Cc1ccccc1)N(Cc1ccccc1F)C(=O)CN(c1ccccc1)S(=O)(=O)c1ccc(Cl)cc1. The Bertz CT molecular complexity index is 1640. The summed E-state index contributed by atoms with van der Waals surface area (Å²) in [5.74, 6) is -1.66. The third-order valence-corrected chi connectivity index (χ3v) is 8.77. The third kappa shape index (κ3) is 8.21. The molecule has 0 aliphatic heterocycles. The van der Waals surface area contributed by atoms with Crippen molar-refractivity contribution in [3.05, 3.63) is 131 Å². The summed E-state index contributed by atoms with van der Waals surface area (Å²) in [6.07, 6.45) is 0.134. The van der Waals surface area contributed by atoms with E-state index in [0.29, 0.717) is 5.02 Å². The molecule has 4 aromatic rings. The van der Waals surface area contributed by atoms with Gasteiger partial charge in [0.15, 0.2) is 0 Å². The first-order chi connectivity index (χ1) is 20.6. The Morgan fingerprint density at radius 2 is 1.42 bits per heavy atom. The highest BCUT2D eigenvalue weighted by Gasteiger charge is 2.35. The summed E-state index contributed by atoms with van der Waals surface area (Å²) < 4.78 is 43.8. The van der Waals surface area contributed by atoms with Gasteiger partial charge in [0.2, 0.25) is 11.8 Å². The lowest BCUT2D eigenvalue weighted by molar-refractivity contribution is -0.140. The normalized spacial score (nSPS) is 12.0. The number of nitrogens with zero attached hydrogens (tertiary/aromatic N) is 2. The molecule has 0 fully saturated rings. The summed E-state index contributed by atoms with van der Waals surface area (Å²) >= 11 is 6.00. The first kappa shape index (κ1) is 31.7. The van der Waals surface area contributed by atoms with Crippen molar-refractivity contribution in [2.75, 3.05) is 10.8 Å². The van der Waals surface area contributed by atoms with Crippen molar-refractivity contribution in [1.82, 2.24) is 10.2 Å². The number of amides is 2. The van der Waals surface area contributed by atoms with Crippen LogP contribution >= 0.6 is 11.6 Å². The highest BCUT2D eigenvalue weighted by molar-refractivity contribution is 7.92. The van der Waals surface area contributed by atoms with Gasteiger partial charge in [-0.3, -0.25) is 13.9 Å². The summed E-state index contributed by atoms with van der Waals surface area (Å²) in [6, 6.07) is 27.7. The van der Waals surface area contributed by atoms with Crippen molar-refractivity contribution in [3.8, 4) is 0 Å². The molecular weight excluding hydrogens is 589 g/mol. The van der Waals surface area contributed by atoms with Crippen LogP contribution in [0.3, 0.4) is 0 Å². The minimum atomic E-state index is -4.25. The van der Waals surface area contributed by atoms with Crippen LogP contribution < -0.4 is 9.62 Å². The molecular formula is C33H33ClFN3O4S. The van der Waals surface area contributed by atoms with E-state index in [2.05, 4.69) is 5.32 Å². The fourth-order valence-corrected chi connectivity index (χ4v) is 6.14. The Balaban J connectivity index is 1.79. The number of carbonyl (C=O) groups excluding carboxylic acids is 2. The van der Waals surface area contributed by atoms with Gasteiger partial charge >= 0.3 is 0 Å². The van der Waals surface area contributed by atoms with Crippen LogP contribution in [0.15, 0.2) is 114 Å². The zero-order chi connectivity index (χ0) is 31.0. The van der Waals surface area contributed by atoms with Gasteiger partial charge in [-0.2, -0.15) is 0 Å². The smallest absolute Gasteiger partial charge is 0.264 e. The highest BCUT2D eigenvalue weighted by Crippen LogP contribution is 2.26. The maximum Gasteiger partial charge on any atom is 0.264 e. The Hall–Kier alpha value is -4.21. The Labute approximate surface area is 257 Å². The molecule has 0 saturated carbocycles. The average molecular weight is 622 g/mol. The minimum Gasteiger partial charge on any atom is -0.352 e. The lowest BCUT2D eigenvalue weighted by Crippen LogP contribution is -2.54. The van der Waals surface area contributed by atoms with E-state index in [9.17, 15) is 22.4 Å². The molecule has 0 aliphatic carbocycles. The quantitative estimate of drug-likeness (QED) is 0.215. The number of hydrogen-bond donors (Lipinski definition) is 1. The van der Waals surface area contributed by atoms with Gasteiger partial charge in [-0.05, 0) is 61.9 Å². The van der Waals surface area contributed by atoms with Gasteiger partial charge in [-0.25, -0.2) is 12.8 Å². The van der Waals surface area contributed by atoms with Gasteiger partial charge in [-0.15, -0.1) is 0 Å². The Morgan fingerprint density at radius 1 is 0.837 bits per heavy atom. The fourth-order valence-electron chi connectivity index (χ4n) is 4.60. The second-order valence-corrected chi connectivity index (χ2v) is 12.6. The first-order valence-corrected chi connectivity index (χ1v) is 15.6. The summed E-state index contributed by atoms with van der Waals surface area (Å²) in [4.78, 5) is 29.1. The van der Waals surface area contributed by atoms with E-state index < -0.39 is 40.2 Å². The second-order valence-electron chi connectivity index (χ2n) is 10.3. The van der Waals surface area contributed by atoms with Crippen LogP contribution in [0, 0.1) is 5.82 Å². The number of benzene rings is 4. The highest BCUT2D eigenvalue weighted by atomic mass is 35.5. The molecule has 224 valence electrons. The predicted octanol–water partition coefficient (Wildman–Crippen LogP) is 5.84. The van der Waals surface area contributed by atoms with Crippen LogP contribution in [-0.2, 0) is 32.6 Å². The molecule has 2 amide bonds. The van der Waals surface area contributed by atoms with Crippen LogP contribution in [0.2, 0.25) is 5.02 Å². The maximum absolute atomic E-state index is 14.9. The zero-order valence-electron chi connectivity index (χ0n) is 23.9. The molecule has 10 heteroatoms. The fraction of sp³-hybridized carbons (Fsp3) is 0.212. The van der Waals surface area contributed by atoms with Gasteiger partial charge in [0.05, 0.1) is 10.6 Å². The molecule has 0 radical (unpaired) electrons. The van der Waals surface area contributed by atoms with Gasteiger partial charge in [0, 0.05) is 29.6 Å². The van der Waals surface area contributed by atoms with Crippen molar-refractivity contribution in [3.63, 3.8) is 0 Å². The monoisotopic (exact) mass is 621 g/mol. The molecule has 0 aromatic heterocycles. The van der Waals surface area contributed by atoms with E-state index in [1.165, 1.54) is 47.4 Å². The van der Waals surface area contributed by atoms with E-state index in [0.717, 1.165) is 9.87 Å². The van der Waals surface area contributed by atoms with E-state index in [-0.39, 0.29) is 35.2 Å². The molecule has 0 spiro atoms. The molecule has 0 aliphatic rings. The summed E-state index contributed by atoms with van der Waals surface area (Å²) in [5.41, 5.74) is 1.23. The molecule has 1 unspecified atom stereocenters. The molecule has 0 saturated heterocycles. The number of anilines is 1. The van der Waals surface area contributed by atoms with E-state index >= 15 is 0 Å². The van der Waals surface area contributed by atoms with Crippen molar-refractivity contribution in [2.24, 2.45) is 0 Å². The topological polar surface area (TPSA) is 86.8 Å². The van der Waals surface area contributed by atoms with E-state index in [1.54, 1.807) is 50.2 Å². The van der Waals surface area contributed by atoms with Crippen LogP contribution in [-0.4, -0.2) is 43.8 Å². The molecule has 43 heavy (non-hydrogen) atoms. The average Bonchev–Trinajstić information content (AvgIpc) is 2.99. The molecule has 7 nitrogen and oxygen atoms in total. The van der Waals surface area contributed by atoms with Crippen molar-refractivity contribution in [2.45, 2.75) is 43.8 Å². The Morgan fingerprint density at radius 3 is 2.02 bits per heavy atom. The zero-order valence-corrected chi connectivity index (χ0v) is 25.4. The van der Waals surface area contributed by atoms with Gasteiger partial charge in [0.1, 0.15) is 18.4 Å². The predicted molar refractivity (Wildman–Crippen MR) is 167 cm³/mol. The third-order valence-electron chi connectivity index (χ3n) is 6.73. The summed E-state index contributed by atoms with van der Waals surface area (Å²) in [7, 11) is -4.25. The van der Waals surface area contributed by atoms with Crippen LogP contribution in [0.25, 0.3) is 0 Å². The number of hydrogen-bond acceptors (Lipinski definition) is 4. The number of sulfonamides is 1. The minimum absolute atomic E-state index is 0.0624. The first-order valence-electron chi connectivity index (χ1n) is 13.8. The van der Waals surface area contributed by atoms with E-state index in [4.69, 9.17) is 11.6 Å². The van der Waals surface area contributed by atoms with Crippen LogP contribution in [0.1, 0.15) is 25.0 Å². The van der Waals surface area contributed by atoms with Crippen LogP contribution in [0.4, 0.5) is 10.1 Å². The van der Waals surface area contributed by atoms with Crippen molar-refractivity contribution >= 4 is 39.1 Å².